The van der Waals surface area contributed by atoms with Crippen molar-refractivity contribution < 1.29 is 9.15 Å². The highest BCUT2D eigenvalue weighted by molar-refractivity contribution is 5.39. The minimum atomic E-state index is 0.235. The van der Waals surface area contributed by atoms with Gasteiger partial charge in [0.15, 0.2) is 6.61 Å². The molecule has 0 aliphatic rings. The summed E-state index contributed by atoms with van der Waals surface area (Å²) < 4.78 is 11.3. The molecule has 0 radical (unpaired) electrons. The zero-order chi connectivity index (χ0) is 15.2. The molecule has 5 nitrogen and oxygen atoms in total. The molecule has 0 saturated heterocycles. The van der Waals surface area contributed by atoms with Gasteiger partial charge in [0, 0.05) is 18.0 Å². The number of ether oxygens (including phenoxy) is 1. The van der Waals surface area contributed by atoms with Crippen LogP contribution in [0.25, 0.3) is 0 Å². The molecule has 1 N–H and O–H groups in total. The van der Waals surface area contributed by atoms with Crippen molar-refractivity contribution in [1.29, 1.82) is 0 Å². The Morgan fingerprint density at radius 1 is 1.24 bits per heavy atom. The van der Waals surface area contributed by atoms with Crippen LogP contribution >= 0.6 is 0 Å². The highest BCUT2D eigenvalue weighted by atomic mass is 16.5. The number of nitrogens with zero attached hydrogens (tertiary/aromatic N) is 2. The third-order valence-corrected chi connectivity index (χ3v) is 3.30. The van der Waals surface area contributed by atoms with E-state index < -0.39 is 0 Å². The van der Waals surface area contributed by atoms with Gasteiger partial charge >= 0.3 is 0 Å². The topological polar surface area (TPSA) is 60.2 Å². The molecule has 2 aromatic rings. The molecule has 0 amide bonds. The molecular formula is C16H23N3O2. The molecule has 1 unspecified atom stereocenters. The zero-order valence-electron chi connectivity index (χ0n) is 13.1. The molecule has 0 aliphatic heterocycles. The van der Waals surface area contributed by atoms with Crippen LogP contribution in [0.3, 0.4) is 0 Å². The van der Waals surface area contributed by atoms with Crippen molar-refractivity contribution in [2.24, 2.45) is 0 Å². The van der Waals surface area contributed by atoms with E-state index in [0.29, 0.717) is 18.4 Å². The van der Waals surface area contributed by atoms with Gasteiger partial charge in [0.2, 0.25) is 5.89 Å². The third-order valence-electron chi connectivity index (χ3n) is 3.30. The second kappa shape index (κ2) is 7.22. The number of rotatable bonds is 7. The van der Waals surface area contributed by atoms with Crippen LogP contribution in [0.4, 0.5) is 0 Å². The van der Waals surface area contributed by atoms with Crippen molar-refractivity contribution in [2.45, 2.75) is 46.8 Å². The molecule has 1 aromatic carbocycles. The lowest BCUT2D eigenvalue weighted by molar-refractivity contribution is 0.255. The summed E-state index contributed by atoms with van der Waals surface area (Å²) in [6, 6.07) is 6.42. The van der Waals surface area contributed by atoms with Crippen molar-refractivity contribution in [2.75, 3.05) is 6.54 Å². The van der Waals surface area contributed by atoms with Crippen molar-refractivity contribution in [1.82, 2.24) is 15.5 Å². The van der Waals surface area contributed by atoms with Gasteiger partial charge in [0.1, 0.15) is 5.75 Å². The summed E-state index contributed by atoms with van der Waals surface area (Å²) in [6.45, 7) is 9.50. The van der Waals surface area contributed by atoms with E-state index in [0.717, 1.165) is 24.3 Å². The SMILES string of the molecule is CCNC(C)c1cc(C)ccc1OCc1nnc(CC)o1. The first-order valence-electron chi connectivity index (χ1n) is 7.42. The summed E-state index contributed by atoms with van der Waals surface area (Å²) in [6.07, 6.45) is 0.736. The maximum atomic E-state index is 5.87. The number of nitrogens with one attached hydrogen (secondary N) is 1. The minimum Gasteiger partial charge on any atom is -0.483 e. The second-order valence-electron chi connectivity index (χ2n) is 5.05. The lowest BCUT2D eigenvalue weighted by Crippen LogP contribution is -2.18. The minimum absolute atomic E-state index is 0.235. The Bertz CT molecular complexity index is 581. The second-order valence-corrected chi connectivity index (χ2v) is 5.05. The van der Waals surface area contributed by atoms with Crippen LogP contribution in [-0.2, 0) is 13.0 Å². The van der Waals surface area contributed by atoms with E-state index in [4.69, 9.17) is 9.15 Å². The van der Waals surface area contributed by atoms with Gasteiger partial charge in [-0.15, -0.1) is 10.2 Å². The van der Waals surface area contributed by atoms with Crippen LogP contribution in [0.15, 0.2) is 22.6 Å². The smallest absolute Gasteiger partial charge is 0.253 e. The van der Waals surface area contributed by atoms with Crippen LogP contribution < -0.4 is 10.1 Å². The van der Waals surface area contributed by atoms with E-state index in [1.54, 1.807) is 0 Å². The monoisotopic (exact) mass is 289 g/mol. The van der Waals surface area contributed by atoms with Gasteiger partial charge in [-0.1, -0.05) is 31.5 Å². The third kappa shape index (κ3) is 4.04. The van der Waals surface area contributed by atoms with Gasteiger partial charge in [-0.05, 0) is 26.5 Å². The Hall–Kier alpha value is -1.88. The predicted molar refractivity (Wildman–Crippen MR) is 81.3 cm³/mol. The molecule has 0 aliphatic carbocycles. The number of aromatic nitrogens is 2. The highest BCUT2D eigenvalue weighted by Crippen LogP contribution is 2.27. The molecule has 0 spiro atoms. The van der Waals surface area contributed by atoms with Gasteiger partial charge in [-0.25, -0.2) is 0 Å². The lowest BCUT2D eigenvalue weighted by Gasteiger charge is -2.17. The summed E-state index contributed by atoms with van der Waals surface area (Å²) in [5.41, 5.74) is 2.36. The van der Waals surface area contributed by atoms with E-state index in [1.807, 2.05) is 19.1 Å². The van der Waals surface area contributed by atoms with Gasteiger partial charge in [0.05, 0.1) is 0 Å². The average Bonchev–Trinajstić information content (AvgIpc) is 2.94. The Morgan fingerprint density at radius 2 is 2.00 bits per heavy atom. The molecule has 1 atom stereocenters. The van der Waals surface area contributed by atoms with E-state index in [9.17, 15) is 0 Å². The summed E-state index contributed by atoms with van der Waals surface area (Å²) in [4.78, 5) is 0. The Morgan fingerprint density at radius 3 is 2.67 bits per heavy atom. The van der Waals surface area contributed by atoms with Crippen LogP contribution in [0, 0.1) is 6.92 Å². The van der Waals surface area contributed by atoms with Crippen LogP contribution in [0.1, 0.15) is 49.7 Å². The average molecular weight is 289 g/mol. The number of hydrogen-bond acceptors (Lipinski definition) is 5. The van der Waals surface area contributed by atoms with Crippen molar-refractivity contribution in [3.63, 3.8) is 0 Å². The van der Waals surface area contributed by atoms with Gasteiger partial charge in [-0.2, -0.15) is 0 Å². The Balaban J connectivity index is 2.11. The molecular weight excluding hydrogens is 266 g/mol. The van der Waals surface area contributed by atoms with Gasteiger partial charge in [-0.3, -0.25) is 0 Å². The summed E-state index contributed by atoms with van der Waals surface area (Å²) in [5, 5.41) is 11.3. The number of benzene rings is 1. The summed E-state index contributed by atoms with van der Waals surface area (Å²) in [7, 11) is 0. The molecule has 114 valence electrons. The number of aryl methyl sites for hydroxylation is 2. The summed E-state index contributed by atoms with van der Waals surface area (Å²) in [5.74, 6) is 2.00. The van der Waals surface area contributed by atoms with Crippen molar-refractivity contribution in [3.8, 4) is 5.75 Å². The number of hydrogen-bond donors (Lipinski definition) is 1. The van der Waals surface area contributed by atoms with Gasteiger partial charge < -0.3 is 14.5 Å². The molecule has 0 saturated carbocycles. The van der Waals surface area contributed by atoms with E-state index >= 15 is 0 Å². The van der Waals surface area contributed by atoms with Crippen molar-refractivity contribution in [3.05, 3.63) is 41.1 Å². The van der Waals surface area contributed by atoms with Crippen molar-refractivity contribution >= 4 is 0 Å². The molecule has 0 bridgehead atoms. The fourth-order valence-electron chi connectivity index (χ4n) is 2.18. The van der Waals surface area contributed by atoms with Crippen LogP contribution in [0.5, 0.6) is 5.75 Å². The van der Waals surface area contributed by atoms with E-state index in [-0.39, 0.29) is 6.04 Å². The lowest BCUT2D eigenvalue weighted by atomic mass is 10.0. The molecule has 2 rings (SSSR count). The Labute approximate surface area is 125 Å². The fraction of sp³-hybridized carbons (Fsp3) is 0.500. The standard InChI is InChI=1S/C16H23N3O2/c1-5-15-18-19-16(21-15)10-20-14-8-7-11(3)9-13(14)12(4)17-6-2/h7-9,12,17H,5-6,10H2,1-4H3. The first-order valence-corrected chi connectivity index (χ1v) is 7.42. The first-order chi connectivity index (χ1) is 10.1. The van der Waals surface area contributed by atoms with E-state index in [1.165, 1.54) is 5.56 Å². The molecule has 1 aromatic heterocycles. The molecule has 21 heavy (non-hydrogen) atoms. The molecule has 0 fully saturated rings. The maximum Gasteiger partial charge on any atom is 0.253 e. The first kappa shape index (κ1) is 15.5. The van der Waals surface area contributed by atoms with Gasteiger partial charge in [0.25, 0.3) is 5.89 Å². The molecule has 1 heterocycles. The largest absolute Gasteiger partial charge is 0.483 e. The van der Waals surface area contributed by atoms with Crippen LogP contribution in [-0.4, -0.2) is 16.7 Å². The zero-order valence-corrected chi connectivity index (χ0v) is 13.1. The molecule has 5 heteroatoms. The normalized spacial score (nSPS) is 12.4. The quantitative estimate of drug-likeness (QED) is 0.848. The van der Waals surface area contributed by atoms with Crippen LogP contribution in [0.2, 0.25) is 0 Å². The Kier molecular flexibility index (Phi) is 5.33. The van der Waals surface area contributed by atoms with E-state index in [2.05, 4.69) is 42.4 Å². The highest BCUT2D eigenvalue weighted by Gasteiger charge is 2.13. The maximum absolute atomic E-state index is 5.87. The predicted octanol–water partition coefficient (Wildman–Crippen LogP) is 3.19. The summed E-state index contributed by atoms with van der Waals surface area (Å²) >= 11 is 0. The fourth-order valence-corrected chi connectivity index (χ4v) is 2.18.